The van der Waals surface area contributed by atoms with Gasteiger partial charge in [-0.1, -0.05) is 144 Å². The molecular weight excluding hydrogens is 955 g/mol. The van der Waals surface area contributed by atoms with E-state index in [1.165, 1.54) is 58.9 Å². The van der Waals surface area contributed by atoms with Crippen molar-refractivity contribution in [2.45, 2.75) is 79.4 Å². The van der Waals surface area contributed by atoms with Crippen LogP contribution in [0.1, 0.15) is 70.1 Å². The standard InChI is InChI=1S/C37H31N2S.C18H24NSi.Ir/c1-23(2)30-21-26(25-13-6-5-7-14-25)22-31(24(3)4)35(30)39-33-19-10-9-18-32(33)38-37(39)29-17-12-16-28-27-15-8-11-20-34(27)40-36(28)29;1-14(2)11-16-12-17(15-9-7-6-8-10-15)19-13-18(16)20(3,4)5;/h5-16,18-24H,1-4H3;6-9,12-14H,11H2,1-5H3;/q2*-1;. The van der Waals surface area contributed by atoms with Gasteiger partial charge in [0.15, 0.2) is 0 Å². The summed E-state index contributed by atoms with van der Waals surface area (Å²) >= 11 is 1.83. The van der Waals surface area contributed by atoms with E-state index in [2.05, 4.69) is 204 Å². The summed E-state index contributed by atoms with van der Waals surface area (Å²) in [5.74, 6) is 2.28. The van der Waals surface area contributed by atoms with E-state index >= 15 is 0 Å². The van der Waals surface area contributed by atoms with Crippen molar-refractivity contribution in [3.63, 3.8) is 0 Å². The Kier molecular flexibility index (Phi) is 13.4. The molecule has 0 saturated carbocycles. The number of aromatic nitrogens is 3. The quantitative estimate of drug-likeness (QED) is 0.107. The number of fused-ring (bicyclic) bond motifs is 4. The van der Waals surface area contributed by atoms with E-state index in [0.29, 0.717) is 17.8 Å². The molecule has 3 heterocycles. The first-order valence-electron chi connectivity index (χ1n) is 21.4. The van der Waals surface area contributed by atoms with Gasteiger partial charge in [-0.15, -0.1) is 54.1 Å². The molecule has 3 nitrogen and oxygen atoms in total. The van der Waals surface area contributed by atoms with Crippen LogP contribution in [-0.2, 0) is 26.5 Å². The van der Waals surface area contributed by atoms with Gasteiger partial charge in [0, 0.05) is 36.7 Å². The summed E-state index contributed by atoms with van der Waals surface area (Å²) in [6.45, 7) is 20.9. The molecule has 0 bridgehead atoms. The summed E-state index contributed by atoms with van der Waals surface area (Å²) in [7, 11) is -1.34. The van der Waals surface area contributed by atoms with Crippen molar-refractivity contribution in [1.82, 2.24) is 14.5 Å². The number of hydrogen-bond acceptors (Lipinski definition) is 3. The maximum atomic E-state index is 5.30. The zero-order valence-electron chi connectivity index (χ0n) is 36.8. The molecule has 3 aromatic heterocycles. The molecule has 0 saturated heterocycles. The first-order chi connectivity index (χ1) is 28.9. The molecular formula is C55H55IrN3SSi-2. The average molecular weight is 1010 g/mol. The van der Waals surface area contributed by atoms with E-state index in [1.807, 2.05) is 29.5 Å². The number of hydrogen-bond donors (Lipinski definition) is 0. The number of rotatable bonds is 9. The SMILES string of the molecule is CC(C)Cc1cc(-c2[c-]cccc2)ncc1[Si](C)(C)C.CC(C)c1cc(-c2ccccc2)cc(C(C)C)c1-n1c(-c2[c-]ccc3c2sc2ccccc23)nc2ccccc21.[Ir]. The largest absolute Gasteiger partial charge is 0.333 e. The second-order valence-electron chi connectivity index (χ2n) is 18.0. The Bertz CT molecular complexity index is 2890. The fraction of sp³-hybridized carbons (Fsp3) is 0.236. The molecule has 61 heavy (non-hydrogen) atoms. The topological polar surface area (TPSA) is 30.7 Å². The van der Waals surface area contributed by atoms with Crippen molar-refractivity contribution in [3.8, 4) is 39.5 Å². The molecule has 0 atom stereocenters. The molecule has 9 aromatic rings. The summed E-state index contributed by atoms with van der Waals surface area (Å²) < 4.78 is 4.95. The summed E-state index contributed by atoms with van der Waals surface area (Å²) in [5, 5.41) is 4.05. The van der Waals surface area contributed by atoms with Crippen molar-refractivity contribution >= 4 is 55.8 Å². The molecule has 0 N–H and O–H groups in total. The zero-order valence-corrected chi connectivity index (χ0v) is 41.0. The molecule has 9 rings (SSSR count). The molecule has 0 unspecified atom stereocenters. The number of imidazole rings is 1. The van der Waals surface area contributed by atoms with Crippen LogP contribution in [0.15, 0.2) is 140 Å². The fourth-order valence-corrected chi connectivity index (χ4v) is 11.2. The third-order valence-corrected chi connectivity index (χ3v) is 14.5. The molecule has 0 aliphatic rings. The van der Waals surface area contributed by atoms with Gasteiger partial charge in [-0.25, -0.2) is 0 Å². The molecule has 0 aliphatic carbocycles. The van der Waals surface area contributed by atoms with E-state index in [1.54, 1.807) is 0 Å². The van der Waals surface area contributed by atoms with Crippen molar-refractivity contribution in [1.29, 1.82) is 0 Å². The minimum absolute atomic E-state index is 0. The van der Waals surface area contributed by atoms with Crippen LogP contribution in [0.4, 0.5) is 0 Å². The number of benzene rings is 6. The van der Waals surface area contributed by atoms with E-state index < -0.39 is 8.07 Å². The zero-order chi connectivity index (χ0) is 42.1. The summed E-state index contributed by atoms with van der Waals surface area (Å²) in [6, 6.07) is 54.2. The Morgan fingerprint density at radius 3 is 2.02 bits per heavy atom. The Hall–Kier alpha value is -4.97. The van der Waals surface area contributed by atoms with Crippen LogP contribution in [-0.4, -0.2) is 22.6 Å². The van der Waals surface area contributed by atoms with Gasteiger partial charge in [-0.3, -0.25) is 4.98 Å². The Labute approximate surface area is 381 Å². The molecule has 0 amide bonds. The van der Waals surface area contributed by atoms with Gasteiger partial charge >= 0.3 is 0 Å². The molecule has 0 fully saturated rings. The molecule has 6 aromatic carbocycles. The third-order valence-electron chi connectivity index (χ3n) is 11.3. The monoisotopic (exact) mass is 1010 g/mol. The summed E-state index contributed by atoms with van der Waals surface area (Å²) in [6.07, 6.45) is 3.24. The Morgan fingerprint density at radius 2 is 1.34 bits per heavy atom. The predicted molar refractivity (Wildman–Crippen MR) is 262 cm³/mol. The third kappa shape index (κ3) is 9.15. The van der Waals surface area contributed by atoms with Gasteiger partial charge in [0.1, 0.15) is 0 Å². The number of thiophene rings is 1. The second kappa shape index (κ2) is 18.6. The molecule has 0 spiro atoms. The summed E-state index contributed by atoms with van der Waals surface area (Å²) in [4.78, 5) is 9.99. The van der Waals surface area contributed by atoms with Gasteiger partial charge in [-0.2, -0.15) is 11.3 Å². The van der Waals surface area contributed by atoms with E-state index in [9.17, 15) is 0 Å². The van der Waals surface area contributed by atoms with Gasteiger partial charge in [-0.05, 0) is 97.7 Å². The number of nitrogens with zero attached hydrogens (tertiary/aromatic N) is 3. The maximum Gasteiger partial charge on any atom is 0.0798 e. The van der Waals surface area contributed by atoms with Crippen molar-refractivity contribution in [2.24, 2.45) is 5.92 Å². The molecule has 6 heteroatoms. The fourth-order valence-electron chi connectivity index (χ4n) is 8.37. The average Bonchev–Trinajstić information content (AvgIpc) is 3.82. The van der Waals surface area contributed by atoms with Gasteiger partial charge in [0.2, 0.25) is 0 Å². The minimum Gasteiger partial charge on any atom is -0.333 e. The number of para-hydroxylation sites is 2. The Balaban J connectivity index is 0.000000226. The van der Waals surface area contributed by atoms with Gasteiger partial charge < -0.3 is 9.55 Å². The second-order valence-corrected chi connectivity index (χ2v) is 24.1. The first-order valence-corrected chi connectivity index (χ1v) is 25.7. The first kappa shape index (κ1) is 44.1. The van der Waals surface area contributed by atoms with Crippen LogP contribution in [0, 0.1) is 18.1 Å². The van der Waals surface area contributed by atoms with Crippen molar-refractivity contribution in [3.05, 3.63) is 168 Å². The predicted octanol–water partition coefficient (Wildman–Crippen LogP) is 15.1. The van der Waals surface area contributed by atoms with Crippen LogP contribution in [0.3, 0.4) is 0 Å². The number of pyridine rings is 1. The van der Waals surface area contributed by atoms with Crippen molar-refractivity contribution < 1.29 is 20.1 Å². The molecule has 1 radical (unpaired) electrons. The molecule has 311 valence electrons. The van der Waals surface area contributed by atoms with Gasteiger partial charge in [0.25, 0.3) is 0 Å². The van der Waals surface area contributed by atoms with Gasteiger partial charge in [0.05, 0.1) is 24.9 Å². The van der Waals surface area contributed by atoms with Crippen LogP contribution in [0.5, 0.6) is 0 Å². The van der Waals surface area contributed by atoms with E-state index in [0.717, 1.165) is 40.1 Å². The van der Waals surface area contributed by atoms with E-state index in [-0.39, 0.29) is 20.1 Å². The Morgan fingerprint density at radius 1 is 0.672 bits per heavy atom. The van der Waals surface area contributed by atoms with Crippen LogP contribution >= 0.6 is 11.3 Å². The van der Waals surface area contributed by atoms with Crippen LogP contribution in [0.25, 0.3) is 70.7 Å². The normalized spacial score (nSPS) is 11.7. The van der Waals surface area contributed by atoms with Crippen molar-refractivity contribution in [2.75, 3.05) is 0 Å². The minimum atomic E-state index is -1.34. The molecule has 0 aliphatic heterocycles. The van der Waals surface area contributed by atoms with Crippen LogP contribution < -0.4 is 5.19 Å². The van der Waals surface area contributed by atoms with Crippen LogP contribution in [0.2, 0.25) is 19.6 Å². The summed E-state index contributed by atoms with van der Waals surface area (Å²) in [5.41, 5.74) is 13.2. The maximum absolute atomic E-state index is 5.30. The van der Waals surface area contributed by atoms with E-state index in [4.69, 9.17) is 4.98 Å². The smallest absolute Gasteiger partial charge is 0.0798 e.